The van der Waals surface area contributed by atoms with E-state index in [2.05, 4.69) is 5.10 Å². The normalized spacial score (nSPS) is 17.1. The predicted molar refractivity (Wildman–Crippen MR) is 128 cm³/mol. The third-order valence-electron chi connectivity index (χ3n) is 6.51. The number of nitrogens with zero attached hydrogens (tertiary/aromatic N) is 5. The molecule has 178 valence electrons. The van der Waals surface area contributed by atoms with Crippen molar-refractivity contribution in [2.75, 3.05) is 6.54 Å². The molecular weight excluding hydrogens is 492 g/mol. The second kappa shape index (κ2) is 8.99. The van der Waals surface area contributed by atoms with Crippen LogP contribution in [0.4, 0.5) is 4.39 Å². The van der Waals surface area contributed by atoms with E-state index in [1.165, 1.54) is 12.1 Å². The van der Waals surface area contributed by atoms with Gasteiger partial charge in [-0.2, -0.15) is 10.4 Å². The number of nitriles is 1. The number of benzene rings is 2. The molecule has 2 amide bonds. The first-order valence-corrected chi connectivity index (χ1v) is 11.8. The molecule has 2 aliphatic rings. The highest BCUT2D eigenvalue weighted by molar-refractivity contribution is 6.42. The molecular formula is C25H20Cl2FN5O2. The molecule has 1 aromatic heterocycles. The highest BCUT2D eigenvalue weighted by Gasteiger charge is 2.37. The minimum Gasteiger partial charge on any atom is -0.331 e. The van der Waals surface area contributed by atoms with Gasteiger partial charge >= 0.3 is 0 Å². The van der Waals surface area contributed by atoms with Crippen molar-refractivity contribution in [3.8, 4) is 6.07 Å². The van der Waals surface area contributed by atoms with Crippen LogP contribution < -0.4 is 0 Å². The van der Waals surface area contributed by atoms with Crippen LogP contribution >= 0.6 is 23.2 Å². The number of carbonyl (C=O) groups is 2. The van der Waals surface area contributed by atoms with Gasteiger partial charge < -0.3 is 9.80 Å². The quantitative estimate of drug-likeness (QED) is 0.520. The average Bonchev–Trinajstić information content (AvgIpc) is 3.19. The first kappa shape index (κ1) is 23.3. The summed E-state index contributed by atoms with van der Waals surface area (Å²) in [7, 11) is 0. The molecule has 0 unspecified atom stereocenters. The van der Waals surface area contributed by atoms with Crippen molar-refractivity contribution in [3.05, 3.63) is 85.9 Å². The number of carbonyl (C=O) groups excluding carboxylic acids is 2. The fourth-order valence-corrected chi connectivity index (χ4v) is 4.95. The Balaban J connectivity index is 1.41. The van der Waals surface area contributed by atoms with Gasteiger partial charge in [-0.15, -0.1) is 0 Å². The molecule has 2 aromatic carbocycles. The van der Waals surface area contributed by atoms with E-state index in [0.717, 1.165) is 11.3 Å². The van der Waals surface area contributed by atoms with Gasteiger partial charge in [-0.05, 0) is 42.8 Å². The molecule has 5 rings (SSSR count). The van der Waals surface area contributed by atoms with Crippen LogP contribution in [0, 0.1) is 17.1 Å². The molecule has 1 atom stereocenters. The highest BCUT2D eigenvalue weighted by Crippen LogP contribution is 2.31. The molecule has 10 heteroatoms. The maximum absolute atomic E-state index is 14.1. The zero-order valence-electron chi connectivity index (χ0n) is 18.8. The first-order chi connectivity index (χ1) is 16.8. The van der Waals surface area contributed by atoms with Gasteiger partial charge in [-0.1, -0.05) is 29.3 Å². The Morgan fingerprint density at radius 2 is 2.00 bits per heavy atom. The maximum atomic E-state index is 14.1. The Kier molecular flexibility index (Phi) is 5.99. The molecule has 0 spiro atoms. The standard InChI is InChI=1S/C25H20Cl2FN5O2/c1-14-8-22-18(13-32(14)24(34)16-4-5-19(26)20(27)10-16)23-25(35)31(6-7-33(23)30-22)12-15-2-3-17(11-29)21(28)9-15/h2-5,9-10,14H,6-8,12-13H2,1H3/t14-/m1/s1. The fraction of sp³-hybridized carbons (Fsp3) is 0.280. The SMILES string of the molecule is C[C@@H]1Cc2nn3c(c2CN1C(=O)c1ccc(Cl)c(Cl)c1)C(=O)N(Cc1ccc(C#N)c(F)c1)CC3. The number of hydrogen-bond acceptors (Lipinski definition) is 4. The first-order valence-electron chi connectivity index (χ1n) is 11.1. The van der Waals surface area contributed by atoms with Gasteiger partial charge in [-0.25, -0.2) is 4.39 Å². The summed E-state index contributed by atoms with van der Waals surface area (Å²) in [6, 6.07) is 10.8. The third kappa shape index (κ3) is 4.15. The van der Waals surface area contributed by atoms with E-state index in [4.69, 9.17) is 28.5 Å². The third-order valence-corrected chi connectivity index (χ3v) is 7.25. The van der Waals surface area contributed by atoms with Crippen LogP contribution in [0.1, 0.15) is 50.2 Å². The Morgan fingerprint density at radius 3 is 2.71 bits per heavy atom. The zero-order chi connectivity index (χ0) is 24.9. The van der Waals surface area contributed by atoms with Crippen LogP contribution in [0.5, 0.6) is 0 Å². The second-order valence-corrected chi connectivity index (χ2v) is 9.58. The van der Waals surface area contributed by atoms with E-state index in [9.17, 15) is 14.0 Å². The van der Waals surface area contributed by atoms with Crippen molar-refractivity contribution in [1.82, 2.24) is 19.6 Å². The molecule has 0 fully saturated rings. The largest absolute Gasteiger partial charge is 0.331 e. The Hall–Kier alpha value is -3.41. The number of rotatable bonds is 3. The van der Waals surface area contributed by atoms with Crippen LogP contribution in [0.3, 0.4) is 0 Å². The highest BCUT2D eigenvalue weighted by atomic mass is 35.5. The minimum atomic E-state index is -0.609. The molecule has 2 aliphatic heterocycles. The molecule has 0 saturated heterocycles. The van der Waals surface area contributed by atoms with E-state index >= 15 is 0 Å². The topological polar surface area (TPSA) is 82.2 Å². The maximum Gasteiger partial charge on any atom is 0.272 e. The van der Waals surface area contributed by atoms with Crippen molar-refractivity contribution >= 4 is 35.0 Å². The lowest BCUT2D eigenvalue weighted by Gasteiger charge is -2.34. The van der Waals surface area contributed by atoms with Crippen LogP contribution in [-0.2, 0) is 26.1 Å². The molecule has 0 radical (unpaired) electrons. The summed E-state index contributed by atoms with van der Waals surface area (Å²) >= 11 is 12.1. The number of aromatic nitrogens is 2. The minimum absolute atomic E-state index is 0.0354. The van der Waals surface area contributed by atoms with Crippen molar-refractivity contribution in [2.45, 2.75) is 39.0 Å². The van der Waals surface area contributed by atoms with Crippen molar-refractivity contribution < 1.29 is 14.0 Å². The Labute approximate surface area is 211 Å². The lowest BCUT2D eigenvalue weighted by molar-refractivity contribution is 0.0637. The van der Waals surface area contributed by atoms with Gasteiger partial charge in [0.15, 0.2) is 0 Å². The molecule has 35 heavy (non-hydrogen) atoms. The van der Waals surface area contributed by atoms with E-state index in [-0.39, 0.29) is 36.5 Å². The van der Waals surface area contributed by atoms with Gasteiger partial charge in [0, 0.05) is 36.7 Å². The smallest absolute Gasteiger partial charge is 0.272 e. The van der Waals surface area contributed by atoms with Crippen LogP contribution in [-0.4, -0.2) is 44.0 Å². The summed E-state index contributed by atoms with van der Waals surface area (Å²) < 4.78 is 15.8. The fourth-order valence-electron chi connectivity index (χ4n) is 4.65. The zero-order valence-corrected chi connectivity index (χ0v) is 20.3. The molecule has 0 aliphatic carbocycles. The van der Waals surface area contributed by atoms with Crippen LogP contribution in [0.2, 0.25) is 10.0 Å². The van der Waals surface area contributed by atoms with Crippen LogP contribution in [0.25, 0.3) is 0 Å². The summed E-state index contributed by atoms with van der Waals surface area (Å²) in [5.74, 6) is -1.02. The molecule has 3 heterocycles. The monoisotopic (exact) mass is 511 g/mol. The average molecular weight is 512 g/mol. The lowest BCUT2D eigenvalue weighted by atomic mass is 9.97. The number of fused-ring (bicyclic) bond motifs is 3. The van der Waals surface area contributed by atoms with E-state index in [1.807, 2.05) is 6.92 Å². The van der Waals surface area contributed by atoms with Gasteiger partial charge in [0.1, 0.15) is 17.6 Å². The van der Waals surface area contributed by atoms with Crippen molar-refractivity contribution in [2.24, 2.45) is 0 Å². The predicted octanol–water partition coefficient (Wildman–Crippen LogP) is 4.44. The van der Waals surface area contributed by atoms with Gasteiger partial charge in [0.2, 0.25) is 0 Å². The molecule has 0 N–H and O–H groups in total. The molecule has 3 aromatic rings. The summed E-state index contributed by atoms with van der Waals surface area (Å²) in [6.45, 7) is 3.33. The number of amides is 2. The number of hydrogen-bond donors (Lipinski definition) is 0. The van der Waals surface area contributed by atoms with Gasteiger partial charge in [0.05, 0.1) is 34.4 Å². The van der Waals surface area contributed by atoms with E-state index in [0.29, 0.717) is 46.4 Å². The van der Waals surface area contributed by atoms with E-state index < -0.39 is 5.82 Å². The van der Waals surface area contributed by atoms with Gasteiger partial charge in [0.25, 0.3) is 11.8 Å². The molecule has 7 nitrogen and oxygen atoms in total. The van der Waals surface area contributed by atoms with Crippen molar-refractivity contribution in [3.63, 3.8) is 0 Å². The Bertz CT molecular complexity index is 1410. The summed E-state index contributed by atoms with van der Waals surface area (Å²) in [4.78, 5) is 30.1. The summed E-state index contributed by atoms with van der Waals surface area (Å²) in [5.41, 5.74) is 2.99. The van der Waals surface area contributed by atoms with Crippen LogP contribution in [0.15, 0.2) is 36.4 Å². The summed E-state index contributed by atoms with van der Waals surface area (Å²) in [5, 5.41) is 14.3. The van der Waals surface area contributed by atoms with Crippen molar-refractivity contribution in [1.29, 1.82) is 5.26 Å². The van der Waals surface area contributed by atoms with Gasteiger partial charge in [-0.3, -0.25) is 14.3 Å². The molecule has 0 saturated carbocycles. The lowest BCUT2D eigenvalue weighted by Crippen LogP contribution is -2.44. The molecule has 0 bridgehead atoms. The Morgan fingerprint density at radius 1 is 1.20 bits per heavy atom. The summed E-state index contributed by atoms with van der Waals surface area (Å²) in [6.07, 6.45) is 0.524. The van der Waals surface area contributed by atoms with E-state index in [1.54, 1.807) is 44.8 Å². The number of halogens is 3. The second-order valence-electron chi connectivity index (χ2n) is 8.76.